The molecule has 0 saturated heterocycles. The lowest BCUT2D eigenvalue weighted by Crippen LogP contribution is -2.17. The summed E-state index contributed by atoms with van der Waals surface area (Å²) < 4.78 is 2.33. The number of anilines is 2. The minimum Gasteiger partial charge on any atom is -0.397 e. The number of halogens is 2. The van der Waals surface area contributed by atoms with Crippen molar-refractivity contribution in [1.29, 1.82) is 0 Å². The normalized spacial score (nSPS) is 10.5. The molecule has 2 nitrogen and oxygen atoms in total. The van der Waals surface area contributed by atoms with Gasteiger partial charge in [0.1, 0.15) is 0 Å². The molecule has 0 amide bonds. The molecule has 0 saturated carbocycles. The van der Waals surface area contributed by atoms with Crippen LogP contribution in [0.1, 0.15) is 5.56 Å². The molecule has 0 aliphatic rings. The molecule has 17 heavy (non-hydrogen) atoms. The molecule has 1 aromatic carbocycles. The average molecular weight is 423 g/mol. The molecule has 90 valence electrons. The van der Waals surface area contributed by atoms with E-state index in [-0.39, 0.29) is 0 Å². The van der Waals surface area contributed by atoms with Crippen LogP contribution in [0.15, 0.2) is 33.4 Å². The maximum Gasteiger partial charge on any atom is 0.0701 e. The maximum absolute atomic E-state index is 6.03. The van der Waals surface area contributed by atoms with Gasteiger partial charge >= 0.3 is 0 Å². The van der Waals surface area contributed by atoms with Gasteiger partial charge in [-0.25, -0.2) is 0 Å². The predicted octanol–water partition coefficient (Wildman–Crippen LogP) is 4.33. The molecule has 2 N–H and O–H groups in total. The van der Waals surface area contributed by atoms with Crippen LogP contribution in [0.25, 0.3) is 0 Å². The summed E-state index contributed by atoms with van der Waals surface area (Å²) in [5, 5.41) is 2.16. The molecule has 0 bridgehead atoms. The van der Waals surface area contributed by atoms with Crippen LogP contribution in [-0.2, 0) is 6.54 Å². The van der Waals surface area contributed by atoms with Gasteiger partial charge in [0.2, 0.25) is 0 Å². The number of nitrogen functional groups attached to an aromatic ring is 1. The highest BCUT2D eigenvalue weighted by atomic mass is 127. The quantitative estimate of drug-likeness (QED) is 0.589. The molecule has 0 radical (unpaired) electrons. The fraction of sp³-hybridized carbons (Fsp3) is 0.167. The van der Waals surface area contributed by atoms with Gasteiger partial charge in [0.05, 0.1) is 15.2 Å². The number of hydrogen-bond acceptors (Lipinski definition) is 3. The summed E-state index contributed by atoms with van der Waals surface area (Å²) in [6.07, 6.45) is 0. The summed E-state index contributed by atoms with van der Waals surface area (Å²) in [4.78, 5) is 2.17. The zero-order valence-corrected chi connectivity index (χ0v) is 13.8. The van der Waals surface area contributed by atoms with Gasteiger partial charge in [0.25, 0.3) is 0 Å². The molecule has 0 unspecified atom stereocenters. The van der Waals surface area contributed by atoms with Gasteiger partial charge < -0.3 is 10.6 Å². The van der Waals surface area contributed by atoms with Crippen LogP contribution >= 0.6 is 49.9 Å². The van der Waals surface area contributed by atoms with Crippen molar-refractivity contribution in [3.05, 3.63) is 42.6 Å². The highest BCUT2D eigenvalue weighted by Gasteiger charge is 2.07. The summed E-state index contributed by atoms with van der Waals surface area (Å²) in [5.74, 6) is 0. The van der Waals surface area contributed by atoms with Crippen LogP contribution < -0.4 is 10.6 Å². The first-order valence-electron chi connectivity index (χ1n) is 5.05. The van der Waals surface area contributed by atoms with Crippen molar-refractivity contribution in [2.45, 2.75) is 6.54 Å². The summed E-state index contributed by atoms with van der Waals surface area (Å²) in [5.41, 5.74) is 9.23. The molecule has 2 rings (SSSR count). The standard InChI is InChI=1S/C12H12BrIN2S/c1-16(6-8-4-12(13)17-7-8)11-3-2-9(14)5-10(11)15/h2-5,7H,6,15H2,1H3. The van der Waals surface area contributed by atoms with E-state index in [1.807, 2.05) is 6.07 Å². The predicted molar refractivity (Wildman–Crippen MR) is 87.7 cm³/mol. The Labute approximate surface area is 127 Å². The Hall–Kier alpha value is -0.270. The Bertz CT molecular complexity index is 527. The van der Waals surface area contributed by atoms with Crippen molar-refractivity contribution in [2.24, 2.45) is 0 Å². The van der Waals surface area contributed by atoms with E-state index >= 15 is 0 Å². The van der Waals surface area contributed by atoms with Gasteiger partial charge in [-0.2, -0.15) is 0 Å². The van der Waals surface area contributed by atoms with Crippen molar-refractivity contribution in [3.63, 3.8) is 0 Å². The third-order valence-electron chi connectivity index (χ3n) is 2.44. The zero-order valence-electron chi connectivity index (χ0n) is 9.28. The van der Waals surface area contributed by atoms with E-state index in [4.69, 9.17) is 5.73 Å². The molecule has 1 heterocycles. The molecule has 0 spiro atoms. The number of thiophene rings is 1. The minimum absolute atomic E-state index is 0.827. The Morgan fingerprint density at radius 2 is 2.18 bits per heavy atom. The van der Waals surface area contributed by atoms with Crippen molar-refractivity contribution >= 4 is 61.2 Å². The third kappa shape index (κ3) is 3.35. The molecule has 2 aromatic rings. The molecule has 5 heteroatoms. The zero-order chi connectivity index (χ0) is 12.4. The minimum atomic E-state index is 0.827. The number of nitrogens with two attached hydrogens (primary N) is 1. The fourth-order valence-electron chi connectivity index (χ4n) is 1.66. The molecular formula is C12H12BrIN2S. The first-order chi connectivity index (χ1) is 8.06. The topological polar surface area (TPSA) is 29.3 Å². The summed E-state index contributed by atoms with van der Waals surface area (Å²) in [6.45, 7) is 0.868. The SMILES string of the molecule is CN(Cc1csc(Br)c1)c1ccc(I)cc1N. The van der Waals surface area contributed by atoms with Gasteiger partial charge in [0, 0.05) is 17.2 Å². The van der Waals surface area contributed by atoms with Crippen LogP contribution in [-0.4, -0.2) is 7.05 Å². The molecule has 0 fully saturated rings. The first kappa shape index (κ1) is 13.2. The molecule has 0 aliphatic carbocycles. The van der Waals surface area contributed by atoms with Gasteiger partial charge in [-0.1, -0.05) is 0 Å². The van der Waals surface area contributed by atoms with E-state index in [2.05, 4.69) is 74.0 Å². The summed E-state index contributed by atoms with van der Waals surface area (Å²) in [6, 6.07) is 8.28. The van der Waals surface area contributed by atoms with Crippen molar-refractivity contribution in [2.75, 3.05) is 17.7 Å². The van der Waals surface area contributed by atoms with Crippen LogP contribution in [0.5, 0.6) is 0 Å². The highest BCUT2D eigenvalue weighted by molar-refractivity contribution is 14.1. The summed E-state index contributed by atoms with van der Waals surface area (Å²) in [7, 11) is 2.06. The Balaban J connectivity index is 2.17. The van der Waals surface area contributed by atoms with Crippen molar-refractivity contribution in [3.8, 4) is 0 Å². The lowest BCUT2D eigenvalue weighted by atomic mass is 10.2. The Morgan fingerprint density at radius 3 is 2.76 bits per heavy atom. The van der Waals surface area contributed by atoms with Gasteiger partial charge in [-0.15, -0.1) is 11.3 Å². The van der Waals surface area contributed by atoms with Gasteiger partial charge in [-0.3, -0.25) is 0 Å². The lowest BCUT2D eigenvalue weighted by Gasteiger charge is -2.20. The van der Waals surface area contributed by atoms with Gasteiger partial charge in [0.15, 0.2) is 0 Å². The smallest absolute Gasteiger partial charge is 0.0701 e. The van der Waals surface area contributed by atoms with E-state index in [1.54, 1.807) is 11.3 Å². The second kappa shape index (κ2) is 5.58. The third-order valence-corrected chi connectivity index (χ3v) is 4.67. The van der Waals surface area contributed by atoms with Crippen LogP contribution in [0, 0.1) is 3.57 Å². The average Bonchev–Trinajstić information content (AvgIpc) is 2.63. The van der Waals surface area contributed by atoms with E-state index in [0.717, 1.165) is 25.3 Å². The second-order valence-corrected chi connectivity index (χ2v) is 7.35. The van der Waals surface area contributed by atoms with Crippen LogP contribution in [0.3, 0.4) is 0 Å². The summed E-state index contributed by atoms with van der Waals surface area (Å²) >= 11 is 7.45. The highest BCUT2D eigenvalue weighted by Crippen LogP contribution is 2.27. The van der Waals surface area contributed by atoms with Crippen LogP contribution in [0.2, 0.25) is 0 Å². The van der Waals surface area contributed by atoms with Crippen molar-refractivity contribution < 1.29 is 0 Å². The number of benzene rings is 1. The lowest BCUT2D eigenvalue weighted by molar-refractivity contribution is 0.929. The molecule has 0 atom stereocenters. The monoisotopic (exact) mass is 422 g/mol. The van der Waals surface area contributed by atoms with Crippen molar-refractivity contribution in [1.82, 2.24) is 0 Å². The molecule has 1 aromatic heterocycles. The fourth-order valence-corrected chi connectivity index (χ4v) is 3.38. The Kier molecular flexibility index (Phi) is 4.32. The maximum atomic E-state index is 6.03. The van der Waals surface area contributed by atoms with E-state index in [0.29, 0.717) is 0 Å². The largest absolute Gasteiger partial charge is 0.397 e. The molecular weight excluding hydrogens is 411 g/mol. The molecule has 0 aliphatic heterocycles. The number of nitrogens with zero attached hydrogens (tertiary/aromatic N) is 1. The number of rotatable bonds is 3. The van der Waals surface area contributed by atoms with E-state index in [1.165, 1.54) is 5.56 Å². The van der Waals surface area contributed by atoms with Crippen LogP contribution in [0.4, 0.5) is 11.4 Å². The van der Waals surface area contributed by atoms with Gasteiger partial charge in [-0.05, 0) is 73.7 Å². The van der Waals surface area contributed by atoms with E-state index < -0.39 is 0 Å². The first-order valence-corrected chi connectivity index (χ1v) is 7.80. The van der Waals surface area contributed by atoms with E-state index in [9.17, 15) is 0 Å². The Morgan fingerprint density at radius 1 is 1.41 bits per heavy atom. The second-order valence-electron chi connectivity index (χ2n) is 3.82. The number of hydrogen-bond donors (Lipinski definition) is 1.